The van der Waals surface area contributed by atoms with Crippen molar-refractivity contribution in [1.82, 2.24) is 5.32 Å². The number of rotatable bonds is 10. The first-order chi connectivity index (χ1) is 8.84. The Balaban J connectivity index is 1.98. The number of benzene rings is 1. The van der Waals surface area contributed by atoms with Crippen LogP contribution >= 0.6 is 0 Å². The lowest BCUT2D eigenvalue weighted by molar-refractivity contribution is 0.143. The van der Waals surface area contributed by atoms with Gasteiger partial charge in [-0.1, -0.05) is 18.2 Å². The van der Waals surface area contributed by atoms with Crippen LogP contribution < -0.4 is 10.2 Å². The fourth-order valence-electron chi connectivity index (χ4n) is 1.78. The third-order valence-electron chi connectivity index (χ3n) is 2.92. The zero-order valence-corrected chi connectivity index (χ0v) is 11.7. The van der Waals surface area contributed by atoms with E-state index in [-0.39, 0.29) is 0 Å². The molecule has 0 aromatic heterocycles. The number of anilines is 1. The van der Waals surface area contributed by atoms with Gasteiger partial charge < -0.3 is 15.0 Å². The summed E-state index contributed by atoms with van der Waals surface area (Å²) in [5.41, 5.74) is 1.27. The molecule has 1 aromatic carbocycles. The minimum absolute atomic E-state index is 0.829. The Kier molecular flexibility index (Phi) is 8.26. The van der Waals surface area contributed by atoms with Crippen LogP contribution in [0.3, 0.4) is 0 Å². The maximum atomic E-state index is 5.30. The Morgan fingerprint density at radius 2 is 1.89 bits per heavy atom. The van der Waals surface area contributed by atoms with Gasteiger partial charge in [0.2, 0.25) is 0 Å². The number of likely N-dealkylation sites (N-methyl/N-ethyl adjacent to an activating group) is 1. The highest BCUT2D eigenvalue weighted by Crippen LogP contribution is 2.09. The van der Waals surface area contributed by atoms with Crippen molar-refractivity contribution in [1.29, 1.82) is 0 Å². The molecule has 0 amide bonds. The Bertz CT molecular complexity index is 290. The molecule has 3 heteroatoms. The van der Waals surface area contributed by atoms with Crippen molar-refractivity contribution in [3.05, 3.63) is 30.3 Å². The van der Waals surface area contributed by atoms with Gasteiger partial charge in [-0.2, -0.15) is 0 Å². The molecule has 0 saturated carbocycles. The molecule has 0 aliphatic rings. The second-order valence-corrected chi connectivity index (χ2v) is 4.41. The van der Waals surface area contributed by atoms with E-state index >= 15 is 0 Å². The number of unbranched alkanes of at least 4 members (excludes halogenated alkanes) is 1. The minimum Gasteiger partial charge on any atom is -0.382 e. The van der Waals surface area contributed by atoms with Crippen molar-refractivity contribution in [2.75, 3.05) is 44.8 Å². The van der Waals surface area contributed by atoms with Crippen LogP contribution in [0.1, 0.15) is 19.8 Å². The predicted octanol–water partition coefficient (Wildman–Crippen LogP) is 2.53. The van der Waals surface area contributed by atoms with Gasteiger partial charge in [-0.3, -0.25) is 0 Å². The molecule has 1 aromatic rings. The number of para-hydroxylation sites is 1. The Morgan fingerprint density at radius 1 is 1.11 bits per heavy atom. The summed E-state index contributed by atoms with van der Waals surface area (Å²) >= 11 is 0. The Morgan fingerprint density at radius 3 is 2.61 bits per heavy atom. The fourth-order valence-corrected chi connectivity index (χ4v) is 1.78. The van der Waals surface area contributed by atoms with Gasteiger partial charge in [-0.25, -0.2) is 0 Å². The van der Waals surface area contributed by atoms with Crippen LogP contribution in [0.5, 0.6) is 0 Å². The van der Waals surface area contributed by atoms with Crippen LogP contribution in [0.4, 0.5) is 5.69 Å². The molecule has 1 N–H and O–H groups in total. The minimum atomic E-state index is 0.829. The highest BCUT2D eigenvalue weighted by atomic mass is 16.5. The van der Waals surface area contributed by atoms with Crippen molar-refractivity contribution in [3.63, 3.8) is 0 Å². The molecule has 0 unspecified atom stereocenters. The van der Waals surface area contributed by atoms with Gasteiger partial charge in [0.1, 0.15) is 0 Å². The number of ether oxygens (including phenoxy) is 1. The largest absolute Gasteiger partial charge is 0.382 e. The van der Waals surface area contributed by atoms with Crippen LogP contribution in [0, 0.1) is 0 Å². The summed E-state index contributed by atoms with van der Waals surface area (Å²) in [5, 5.41) is 3.47. The molecule has 0 heterocycles. The second kappa shape index (κ2) is 9.92. The zero-order chi connectivity index (χ0) is 13.1. The van der Waals surface area contributed by atoms with E-state index in [9.17, 15) is 0 Å². The molecule has 0 aliphatic heterocycles. The summed E-state index contributed by atoms with van der Waals surface area (Å²) in [6.07, 6.45) is 2.34. The third kappa shape index (κ3) is 6.62. The Hall–Kier alpha value is -1.06. The molecule has 0 aliphatic carbocycles. The molecule has 0 bridgehead atoms. The van der Waals surface area contributed by atoms with E-state index in [2.05, 4.69) is 41.5 Å². The predicted molar refractivity (Wildman–Crippen MR) is 78.3 cm³/mol. The van der Waals surface area contributed by atoms with E-state index in [1.54, 1.807) is 0 Å². The van der Waals surface area contributed by atoms with E-state index in [1.807, 2.05) is 13.0 Å². The standard InChI is InChI=1S/C15H26N2O/c1-3-18-14-8-7-11-16-12-13-17(2)15-9-5-4-6-10-15/h4-6,9-10,16H,3,7-8,11-14H2,1-2H3. The summed E-state index contributed by atoms with van der Waals surface area (Å²) in [4.78, 5) is 2.27. The first-order valence-electron chi connectivity index (χ1n) is 6.89. The van der Waals surface area contributed by atoms with Crippen LogP contribution in [0.25, 0.3) is 0 Å². The molecule has 102 valence electrons. The molecule has 0 spiro atoms. The van der Waals surface area contributed by atoms with E-state index < -0.39 is 0 Å². The van der Waals surface area contributed by atoms with Gasteiger partial charge >= 0.3 is 0 Å². The molecule has 3 nitrogen and oxygen atoms in total. The normalized spacial score (nSPS) is 10.6. The topological polar surface area (TPSA) is 24.5 Å². The van der Waals surface area contributed by atoms with Gasteiger partial charge in [-0.15, -0.1) is 0 Å². The summed E-state index contributed by atoms with van der Waals surface area (Å²) in [7, 11) is 2.13. The summed E-state index contributed by atoms with van der Waals surface area (Å²) in [5.74, 6) is 0. The lowest BCUT2D eigenvalue weighted by atomic mass is 10.3. The molecule has 1 rings (SSSR count). The van der Waals surface area contributed by atoms with Crippen molar-refractivity contribution in [3.8, 4) is 0 Å². The van der Waals surface area contributed by atoms with Crippen LogP contribution in [0.2, 0.25) is 0 Å². The maximum Gasteiger partial charge on any atom is 0.0466 e. The van der Waals surface area contributed by atoms with Gasteiger partial charge in [-0.05, 0) is 38.4 Å². The quantitative estimate of drug-likeness (QED) is 0.646. The average Bonchev–Trinajstić information content (AvgIpc) is 2.42. The second-order valence-electron chi connectivity index (χ2n) is 4.41. The van der Waals surface area contributed by atoms with Gasteiger partial charge in [0.25, 0.3) is 0 Å². The monoisotopic (exact) mass is 250 g/mol. The van der Waals surface area contributed by atoms with Gasteiger partial charge in [0, 0.05) is 39.0 Å². The first-order valence-corrected chi connectivity index (χ1v) is 6.89. The van der Waals surface area contributed by atoms with Crippen LogP contribution in [-0.4, -0.2) is 39.9 Å². The lowest BCUT2D eigenvalue weighted by Gasteiger charge is -2.19. The smallest absolute Gasteiger partial charge is 0.0466 e. The van der Waals surface area contributed by atoms with Gasteiger partial charge in [0.15, 0.2) is 0 Å². The first kappa shape index (κ1) is 15.0. The van der Waals surface area contributed by atoms with E-state index in [4.69, 9.17) is 4.74 Å². The molecule has 18 heavy (non-hydrogen) atoms. The van der Waals surface area contributed by atoms with E-state index in [0.29, 0.717) is 0 Å². The van der Waals surface area contributed by atoms with Crippen LogP contribution in [-0.2, 0) is 4.74 Å². The number of nitrogens with one attached hydrogen (secondary N) is 1. The number of hydrogen-bond donors (Lipinski definition) is 1. The number of hydrogen-bond acceptors (Lipinski definition) is 3. The van der Waals surface area contributed by atoms with Crippen molar-refractivity contribution in [2.24, 2.45) is 0 Å². The molecular weight excluding hydrogens is 224 g/mol. The van der Waals surface area contributed by atoms with Crippen molar-refractivity contribution < 1.29 is 4.74 Å². The average molecular weight is 250 g/mol. The zero-order valence-electron chi connectivity index (χ0n) is 11.7. The molecular formula is C15H26N2O. The Labute approximate surface area is 111 Å². The van der Waals surface area contributed by atoms with Crippen molar-refractivity contribution >= 4 is 5.69 Å². The SMILES string of the molecule is CCOCCCCNCCN(C)c1ccccc1. The van der Waals surface area contributed by atoms with E-state index in [0.717, 1.165) is 39.3 Å². The summed E-state index contributed by atoms with van der Waals surface area (Å²) in [6, 6.07) is 10.5. The summed E-state index contributed by atoms with van der Waals surface area (Å²) < 4.78 is 5.30. The fraction of sp³-hybridized carbons (Fsp3) is 0.600. The van der Waals surface area contributed by atoms with Gasteiger partial charge in [0.05, 0.1) is 0 Å². The number of nitrogens with zero attached hydrogens (tertiary/aromatic N) is 1. The maximum absolute atomic E-state index is 5.30. The highest BCUT2D eigenvalue weighted by Gasteiger charge is 1.98. The third-order valence-corrected chi connectivity index (χ3v) is 2.92. The van der Waals surface area contributed by atoms with E-state index in [1.165, 1.54) is 12.1 Å². The molecule has 0 radical (unpaired) electrons. The lowest BCUT2D eigenvalue weighted by Crippen LogP contribution is -2.29. The highest BCUT2D eigenvalue weighted by molar-refractivity contribution is 5.44. The molecule has 0 fully saturated rings. The molecule has 0 atom stereocenters. The van der Waals surface area contributed by atoms with Crippen LogP contribution in [0.15, 0.2) is 30.3 Å². The molecule has 0 saturated heterocycles. The summed E-state index contributed by atoms with van der Waals surface area (Å²) in [6.45, 7) is 6.90. The van der Waals surface area contributed by atoms with Crippen molar-refractivity contribution in [2.45, 2.75) is 19.8 Å².